The van der Waals surface area contributed by atoms with Crippen LogP contribution in [0.15, 0.2) is 38.3 Å². The molecule has 3 rings (SSSR count). The Labute approximate surface area is 137 Å². The molecule has 0 bridgehead atoms. The van der Waals surface area contributed by atoms with Crippen molar-refractivity contribution < 1.29 is 8.42 Å². The van der Waals surface area contributed by atoms with Crippen LogP contribution in [0.5, 0.6) is 0 Å². The topological polar surface area (TPSA) is 51.4 Å². The minimum absolute atomic E-state index is 0.278. The molecule has 0 radical (unpaired) electrons. The molecule has 0 amide bonds. The maximum absolute atomic E-state index is 12.4. The van der Waals surface area contributed by atoms with E-state index in [9.17, 15) is 8.42 Å². The zero-order valence-corrected chi connectivity index (χ0v) is 15.0. The van der Waals surface area contributed by atoms with Gasteiger partial charge in [0.25, 0.3) is 10.0 Å². The van der Waals surface area contributed by atoms with E-state index in [0.29, 0.717) is 11.3 Å². The van der Waals surface area contributed by atoms with Crippen LogP contribution in [0.4, 0.5) is 0 Å². The van der Waals surface area contributed by atoms with Crippen LogP contribution in [-0.4, -0.2) is 13.0 Å². The van der Waals surface area contributed by atoms with Crippen molar-refractivity contribution in [2.45, 2.75) is 31.5 Å². The quantitative estimate of drug-likeness (QED) is 0.722. The maximum Gasteiger partial charge on any atom is 0.294 e. The van der Waals surface area contributed by atoms with Crippen molar-refractivity contribution in [2.24, 2.45) is 4.40 Å². The van der Waals surface area contributed by atoms with Crippen molar-refractivity contribution in [3.05, 3.63) is 45.6 Å². The molecule has 0 saturated heterocycles. The van der Waals surface area contributed by atoms with Gasteiger partial charge in [-0.3, -0.25) is 0 Å². The Morgan fingerprint density at radius 2 is 2.05 bits per heavy atom. The zero-order chi connectivity index (χ0) is 15.9. The van der Waals surface area contributed by atoms with E-state index < -0.39 is 10.0 Å². The van der Waals surface area contributed by atoms with Gasteiger partial charge in [0.05, 0.1) is 10.2 Å². The van der Waals surface area contributed by atoms with Gasteiger partial charge in [-0.1, -0.05) is 23.5 Å². The number of aryl methyl sites for hydroxylation is 3. The number of sulfonamides is 1. The summed E-state index contributed by atoms with van der Waals surface area (Å²) in [7, 11) is -3.64. The Bertz CT molecular complexity index is 994. The molecule has 1 aromatic carbocycles. The van der Waals surface area contributed by atoms with Crippen LogP contribution in [0.2, 0.25) is 0 Å². The summed E-state index contributed by atoms with van der Waals surface area (Å²) < 4.78 is 32.2. The fraction of sp³-hybridized carbons (Fsp3) is 0.267. The average Bonchev–Trinajstić information content (AvgIpc) is 3.06. The number of aromatic nitrogens is 1. The minimum atomic E-state index is -3.64. The second-order valence-electron chi connectivity index (χ2n) is 5.06. The fourth-order valence-electron chi connectivity index (χ4n) is 2.45. The molecule has 0 spiro atoms. The first kappa shape index (κ1) is 15.5. The molecule has 0 aliphatic rings. The molecular formula is C15H16N2O2S3. The fourth-order valence-corrected chi connectivity index (χ4v) is 5.76. The minimum Gasteiger partial charge on any atom is -0.316 e. The lowest BCUT2D eigenvalue weighted by molar-refractivity contribution is 0.597. The second kappa shape index (κ2) is 5.64. The Hall–Kier alpha value is -1.44. The molecule has 0 atom stereocenters. The van der Waals surface area contributed by atoms with Gasteiger partial charge in [-0.05, 0) is 49.4 Å². The van der Waals surface area contributed by atoms with E-state index in [0.717, 1.165) is 21.3 Å². The third kappa shape index (κ3) is 2.64. The van der Waals surface area contributed by atoms with Crippen molar-refractivity contribution in [1.82, 2.24) is 4.57 Å². The lowest BCUT2D eigenvalue weighted by Crippen LogP contribution is -2.15. The van der Waals surface area contributed by atoms with Crippen molar-refractivity contribution in [2.75, 3.05) is 0 Å². The third-order valence-electron chi connectivity index (χ3n) is 3.38. The van der Waals surface area contributed by atoms with Gasteiger partial charge in [-0.2, -0.15) is 8.42 Å². The second-order valence-corrected chi connectivity index (χ2v) is 8.81. The monoisotopic (exact) mass is 352 g/mol. The normalized spacial score (nSPS) is 13.1. The number of thiazole rings is 1. The van der Waals surface area contributed by atoms with Crippen molar-refractivity contribution in [3.63, 3.8) is 0 Å². The van der Waals surface area contributed by atoms with E-state index in [4.69, 9.17) is 0 Å². The number of benzene rings is 1. The zero-order valence-electron chi connectivity index (χ0n) is 12.5. The molecule has 22 heavy (non-hydrogen) atoms. The molecule has 0 fully saturated rings. The molecule has 0 N–H and O–H groups in total. The van der Waals surface area contributed by atoms with E-state index in [1.807, 2.05) is 25.3 Å². The number of nitrogens with zero attached hydrogens (tertiary/aromatic N) is 2. The van der Waals surface area contributed by atoms with Crippen LogP contribution >= 0.6 is 22.7 Å². The highest BCUT2D eigenvalue weighted by molar-refractivity contribution is 7.92. The molecular weight excluding hydrogens is 336 g/mol. The summed E-state index contributed by atoms with van der Waals surface area (Å²) >= 11 is 2.62. The van der Waals surface area contributed by atoms with Gasteiger partial charge in [0.1, 0.15) is 4.21 Å². The van der Waals surface area contributed by atoms with E-state index >= 15 is 0 Å². The summed E-state index contributed by atoms with van der Waals surface area (Å²) in [6, 6.07) is 7.50. The number of hydrogen-bond acceptors (Lipinski definition) is 4. The Morgan fingerprint density at radius 1 is 1.27 bits per heavy atom. The molecule has 2 heterocycles. The lowest BCUT2D eigenvalue weighted by Gasteiger charge is -2.03. The van der Waals surface area contributed by atoms with Crippen molar-refractivity contribution in [1.29, 1.82) is 0 Å². The summed E-state index contributed by atoms with van der Waals surface area (Å²) in [4.78, 5) is 0.527. The first-order chi connectivity index (χ1) is 10.4. The first-order valence-electron chi connectivity index (χ1n) is 6.87. The van der Waals surface area contributed by atoms with Gasteiger partial charge in [0.2, 0.25) is 4.80 Å². The summed E-state index contributed by atoms with van der Waals surface area (Å²) in [6.45, 7) is 6.77. The number of rotatable bonds is 3. The van der Waals surface area contributed by atoms with Crippen LogP contribution in [0.25, 0.3) is 10.2 Å². The van der Waals surface area contributed by atoms with Gasteiger partial charge >= 0.3 is 0 Å². The molecule has 0 aliphatic heterocycles. The third-order valence-corrected chi connectivity index (χ3v) is 7.36. The smallest absolute Gasteiger partial charge is 0.294 e. The summed E-state index contributed by atoms with van der Waals surface area (Å²) in [6.07, 6.45) is 0. The van der Waals surface area contributed by atoms with E-state index in [2.05, 4.69) is 16.5 Å². The molecule has 7 heteroatoms. The molecule has 116 valence electrons. The van der Waals surface area contributed by atoms with Crippen LogP contribution in [0, 0.1) is 13.8 Å². The lowest BCUT2D eigenvalue weighted by atomic mass is 10.1. The van der Waals surface area contributed by atoms with Gasteiger partial charge in [-0.25, -0.2) is 0 Å². The molecule has 0 aliphatic carbocycles. The van der Waals surface area contributed by atoms with Crippen molar-refractivity contribution >= 4 is 42.9 Å². The van der Waals surface area contributed by atoms with Gasteiger partial charge < -0.3 is 4.57 Å². The summed E-state index contributed by atoms with van der Waals surface area (Å²) in [5.74, 6) is 0. The Kier molecular flexibility index (Phi) is 3.96. The highest BCUT2D eigenvalue weighted by Crippen LogP contribution is 2.24. The van der Waals surface area contributed by atoms with Gasteiger partial charge in [0.15, 0.2) is 0 Å². The Balaban J connectivity index is 2.32. The summed E-state index contributed by atoms with van der Waals surface area (Å²) in [5.41, 5.74) is 3.36. The van der Waals surface area contributed by atoms with Crippen LogP contribution in [0.3, 0.4) is 0 Å². The van der Waals surface area contributed by atoms with Crippen molar-refractivity contribution in [3.8, 4) is 0 Å². The van der Waals surface area contributed by atoms with E-state index in [1.54, 1.807) is 17.5 Å². The number of fused-ring (bicyclic) bond motifs is 1. The van der Waals surface area contributed by atoms with Crippen LogP contribution in [0.1, 0.15) is 18.1 Å². The van der Waals surface area contributed by atoms with Gasteiger partial charge in [0, 0.05) is 6.54 Å². The molecule has 0 saturated carbocycles. The number of thiophene rings is 1. The predicted octanol–water partition coefficient (Wildman–Crippen LogP) is 3.69. The highest BCUT2D eigenvalue weighted by atomic mass is 32.2. The SMILES string of the molecule is CCn1c(=NS(=O)(=O)c2cccs2)sc2c(C)cc(C)cc21. The standard InChI is InChI=1S/C15H16N2O2S3/c1-4-17-12-9-10(2)8-11(3)14(12)21-15(17)16-22(18,19)13-6-5-7-20-13/h5-9H,4H2,1-3H3. The maximum atomic E-state index is 12.4. The first-order valence-corrected chi connectivity index (χ1v) is 10.0. The highest BCUT2D eigenvalue weighted by Gasteiger charge is 2.16. The van der Waals surface area contributed by atoms with Gasteiger partial charge in [-0.15, -0.1) is 15.7 Å². The Morgan fingerprint density at radius 3 is 2.68 bits per heavy atom. The van der Waals surface area contributed by atoms with Crippen LogP contribution < -0.4 is 4.80 Å². The van der Waals surface area contributed by atoms with Crippen LogP contribution in [-0.2, 0) is 16.6 Å². The largest absolute Gasteiger partial charge is 0.316 e. The average molecular weight is 353 g/mol. The van der Waals surface area contributed by atoms with E-state index in [1.165, 1.54) is 22.7 Å². The molecule has 4 nitrogen and oxygen atoms in total. The summed E-state index contributed by atoms with van der Waals surface area (Å²) in [5, 5.41) is 1.74. The molecule has 3 aromatic rings. The molecule has 0 unspecified atom stereocenters. The van der Waals surface area contributed by atoms with E-state index in [-0.39, 0.29) is 4.21 Å². The molecule has 2 aromatic heterocycles. The number of hydrogen-bond donors (Lipinski definition) is 0. The predicted molar refractivity (Wildman–Crippen MR) is 92.0 cm³/mol.